The second kappa shape index (κ2) is 8.89. The Hall–Kier alpha value is -2.57. The van der Waals surface area contributed by atoms with E-state index in [1.807, 2.05) is 6.07 Å². The number of ether oxygens (including phenoxy) is 1. The van der Waals surface area contributed by atoms with Gasteiger partial charge >= 0.3 is 0 Å². The van der Waals surface area contributed by atoms with E-state index >= 15 is 0 Å². The van der Waals surface area contributed by atoms with Crippen molar-refractivity contribution in [2.24, 2.45) is 0 Å². The molecular weight excluding hydrogens is 408 g/mol. The van der Waals surface area contributed by atoms with Crippen molar-refractivity contribution >= 4 is 9.84 Å². The molecule has 0 aliphatic carbocycles. The molecule has 164 valence electrons. The van der Waals surface area contributed by atoms with Crippen molar-refractivity contribution in [3.05, 3.63) is 71.9 Å². The highest BCUT2D eigenvalue weighted by molar-refractivity contribution is 7.91. The quantitative estimate of drug-likeness (QED) is 0.538. The van der Waals surface area contributed by atoms with Crippen LogP contribution in [0.4, 0.5) is 0 Å². The summed E-state index contributed by atoms with van der Waals surface area (Å²) in [6, 6.07) is 20.6. The third-order valence-corrected chi connectivity index (χ3v) is 8.06. The van der Waals surface area contributed by atoms with E-state index in [0.717, 1.165) is 36.3 Å². The van der Waals surface area contributed by atoms with Gasteiger partial charge in [-0.2, -0.15) is 0 Å². The lowest BCUT2D eigenvalue weighted by Gasteiger charge is -2.28. The Morgan fingerprint density at radius 3 is 2.42 bits per heavy atom. The molecule has 0 bridgehead atoms. The van der Waals surface area contributed by atoms with E-state index in [-0.39, 0.29) is 5.75 Å². The Morgan fingerprint density at radius 2 is 1.74 bits per heavy atom. The number of rotatable bonds is 7. The van der Waals surface area contributed by atoms with Gasteiger partial charge in [0.2, 0.25) is 0 Å². The highest BCUT2D eigenvalue weighted by Crippen LogP contribution is 2.44. The van der Waals surface area contributed by atoms with Gasteiger partial charge in [-0.25, -0.2) is 8.42 Å². The third-order valence-electron chi connectivity index (χ3n) is 6.33. The van der Waals surface area contributed by atoms with Crippen LogP contribution in [0.2, 0.25) is 0 Å². The first-order valence-corrected chi connectivity index (χ1v) is 12.5. The Balaban J connectivity index is 1.66. The van der Waals surface area contributed by atoms with Gasteiger partial charge in [0.15, 0.2) is 9.84 Å². The van der Waals surface area contributed by atoms with Gasteiger partial charge in [0.1, 0.15) is 5.75 Å². The molecule has 31 heavy (non-hydrogen) atoms. The van der Waals surface area contributed by atoms with Crippen molar-refractivity contribution in [3.8, 4) is 17.0 Å². The summed E-state index contributed by atoms with van der Waals surface area (Å²) in [5.74, 6) is 0.729. The van der Waals surface area contributed by atoms with Crippen LogP contribution in [0, 0.1) is 0 Å². The van der Waals surface area contributed by atoms with Gasteiger partial charge in [-0.05, 0) is 55.3 Å². The normalized spacial score (nSPS) is 19.6. The minimum absolute atomic E-state index is 0.0726. The number of nitrogens with one attached hydrogen (secondary N) is 1. The van der Waals surface area contributed by atoms with Crippen LogP contribution in [-0.2, 0) is 9.84 Å². The first kappa shape index (κ1) is 21.7. The molecule has 0 radical (unpaired) electrons. The highest BCUT2D eigenvalue weighted by atomic mass is 32.2. The SMILES string of the molecule is CCN1[C@@H](c2ccc(-c3cc(S(=O)(=O)CC)ccc3OC)[nH]2)CC[C@H]1c1ccccc1. The van der Waals surface area contributed by atoms with Gasteiger partial charge in [-0.3, -0.25) is 4.90 Å². The summed E-state index contributed by atoms with van der Waals surface area (Å²) in [5, 5.41) is 0. The molecule has 0 unspecified atom stereocenters. The number of aromatic nitrogens is 1. The van der Waals surface area contributed by atoms with Gasteiger partial charge in [0, 0.05) is 23.0 Å². The molecule has 1 aromatic heterocycles. The van der Waals surface area contributed by atoms with Gasteiger partial charge in [0.05, 0.1) is 23.8 Å². The average Bonchev–Trinajstić information content (AvgIpc) is 3.46. The fourth-order valence-electron chi connectivity index (χ4n) is 4.69. The second-order valence-electron chi connectivity index (χ2n) is 7.94. The fraction of sp³-hybridized carbons (Fsp3) is 0.360. The number of methoxy groups -OCH3 is 1. The van der Waals surface area contributed by atoms with Crippen LogP contribution in [-0.4, -0.2) is 37.7 Å². The van der Waals surface area contributed by atoms with E-state index in [0.29, 0.717) is 22.7 Å². The number of nitrogens with zero attached hydrogens (tertiary/aromatic N) is 1. The minimum Gasteiger partial charge on any atom is -0.496 e. The van der Waals surface area contributed by atoms with Crippen molar-refractivity contribution in [2.75, 3.05) is 19.4 Å². The van der Waals surface area contributed by atoms with Gasteiger partial charge < -0.3 is 9.72 Å². The summed E-state index contributed by atoms with van der Waals surface area (Å²) in [7, 11) is -1.68. The lowest BCUT2D eigenvalue weighted by Crippen LogP contribution is -2.26. The predicted molar refractivity (Wildman–Crippen MR) is 124 cm³/mol. The molecule has 2 aromatic carbocycles. The number of benzene rings is 2. The molecule has 1 aliphatic heterocycles. The van der Waals surface area contributed by atoms with Crippen molar-refractivity contribution < 1.29 is 13.2 Å². The van der Waals surface area contributed by atoms with Crippen LogP contribution in [0.1, 0.15) is 50.0 Å². The van der Waals surface area contributed by atoms with Crippen molar-refractivity contribution in [1.82, 2.24) is 9.88 Å². The first-order valence-electron chi connectivity index (χ1n) is 10.9. The zero-order valence-corrected chi connectivity index (χ0v) is 19.2. The van der Waals surface area contributed by atoms with E-state index in [2.05, 4.69) is 53.2 Å². The molecule has 1 saturated heterocycles. The van der Waals surface area contributed by atoms with Crippen LogP contribution in [0.15, 0.2) is 65.6 Å². The van der Waals surface area contributed by atoms with E-state index in [4.69, 9.17) is 4.74 Å². The molecule has 1 aliphatic rings. The molecule has 3 aromatic rings. The molecule has 1 fully saturated rings. The van der Waals surface area contributed by atoms with E-state index in [1.54, 1.807) is 32.2 Å². The zero-order valence-electron chi connectivity index (χ0n) is 18.3. The monoisotopic (exact) mass is 438 g/mol. The van der Waals surface area contributed by atoms with E-state index < -0.39 is 9.84 Å². The molecule has 0 amide bonds. The number of H-pyrrole nitrogens is 1. The van der Waals surface area contributed by atoms with Crippen molar-refractivity contribution in [1.29, 1.82) is 0 Å². The van der Waals surface area contributed by atoms with E-state index in [9.17, 15) is 8.42 Å². The van der Waals surface area contributed by atoms with Crippen LogP contribution in [0.25, 0.3) is 11.3 Å². The van der Waals surface area contributed by atoms with E-state index in [1.165, 1.54) is 5.56 Å². The smallest absolute Gasteiger partial charge is 0.178 e. The van der Waals surface area contributed by atoms with Gasteiger partial charge in [-0.1, -0.05) is 44.2 Å². The lowest BCUT2D eigenvalue weighted by atomic mass is 10.0. The molecule has 0 saturated carbocycles. The number of sulfone groups is 1. The largest absolute Gasteiger partial charge is 0.496 e. The maximum absolute atomic E-state index is 12.4. The summed E-state index contributed by atoms with van der Waals surface area (Å²) in [6.07, 6.45) is 2.19. The third kappa shape index (κ3) is 4.14. The molecule has 6 heteroatoms. The Labute approximate surface area is 185 Å². The summed E-state index contributed by atoms with van der Waals surface area (Å²) in [4.78, 5) is 6.43. The Morgan fingerprint density at radius 1 is 1.00 bits per heavy atom. The zero-order chi connectivity index (χ0) is 22.0. The van der Waals surface area contributed by atoms with Crippen LogP contribution in [0.3, 0.4) is 0 Å². The molecular formula is C25H30N2O3S. The standard InChI is InChI=1S/C25H30N2O3S/c1-4-27-23(18-9-7-6-8-10-18)14-15-24(27)22-13-12-21(26-22)20-17-19(31(28,29)5-2)11-16-25(20)30-3/h6-13,16-17,23-24,26H,4-5,14-15H2,1-3H3/t23-,24+/m0/s1. The molecule has 1 N–H and O–H groups in total. The number of hydrogen-bond acceptors (Lipinski definition) is 4. The maximum atomic E-state index is 12.4. The van der Waals surface area contributed by atoms with Gasteiger partial charge in [-0.15, -0.1) is 0 Å². The first-order chi connectivity index (χ1) is 15.0. The molecule has 2 atom stereocenters. The molecule has 0 spiro atoms. The summed E-state index contributed by atoms with van der Waals surface area (Å²) in [6.45, 7) is 4.83. The van der Waals surface area contributed by atoms with Crippen LogP contribution in [0.5, 0.6) is 5.75 Å². The maximum Gasteiger partial charge on any atom is 0.178 e. The second-order valence-corrected chi connectivity index (χ2v) is 10.2. The highest BCUT2D eigenvalue weighted by Gasteiger charge is 2.34. The number of likely N-dealkylation sites (tertiary alicyclic amines) is 1. The predicted octanol–water partition coefficient (Wildman–Crippen LogP) is 5.38. The van der Waals surface area contributed by atoms with Crippen molar-refractivity contribution in [2.45, 2.75) is 43.7 Å². The Bertz CT molecular complexity index is 1140. The number of hydrogen-bond donors (Lipinski definition) is 1. The summed E-state index contributed by atoms with van der Waals surface area (Å²) >= 11 is 0. The summed E-state index contributed by atoms with van der Waals surface area (Å²) < 4.78 is 30.3. The van der Waals surface area contributed by atoms with Crippen LogP contribution >= 0.6 is 0 Å². The van der Waals surface area contributed by atoms with Crippen molar-refractivity contribution in [3.63, 3.8) is 0 Å². The van der Waals surface area contributed by atoms with Gasteiger partial charge in [0.25, 0.3) is 0 Å². The van der Waals surface area contributed by atoms with Crippen LogP contribution < -0.4 is 4.74 Å². The Kier molecular flexibility index (Phi) is 6.21. The molecule has 2 heterocycles. The summed E-state index contributed by atoms with van der Waals surface area (Å²) in [5.41, 5.74) is 4.15. The average molecular weight is 439 g/mol. The molecule has 4 rings (SSSR count). The minimum atomic E-state index is -3.29. The topological polar surface area (TPSA) is 62.4 Å². The fourth-order valence-corrected chi connectivity index (χ4v) is 5.60. The molecule has 5 nitrogen and oxygen atoms in total. The number of aromatic amines is 1. The lowest BCUT2D eigenvalue weighted by molar-refractivity contribution is 0.203.